The van der Waals surface area contributed by atoms with Crippen molar-refractivity contribution in [2.24, 2.45) is 0 Å². The van der Waals surface area contributed by atoms with Crippen molar-refractivity contribution in [2.45, 2.75) is 26.4 Å². The number of hydrogen-bond donors (Lipinski definition) is 0. The van der Waals surface area contributed by atoms with E-state index in [0.29, 0.717) is 6.42 Å². The fourth-order valence-electron chi connectivity index (χ4n) is 3.16. The third kappa shape index (κ3) is 9.31. The lowest BCUT2D eigenvalue weighted by atomic mass is 10.2. The van der Waals surface area contributed by atoms with Crippen LogP contribution in [0.2, 0.25) is 0 Å². The highest BCUT2D eigenvalue weighted by Gasteiger charge is 2.43. The molecule has 9 heteroatoms. The van der Waals surface area contributed by atoms with E-state index in [9.17, 15) is 18.8 Å². The summed E-state index contributed by atoms with van der Waals surface area (Å²) >= 11 is -0.710. The molecule has 0 heterocycles. The van der Waals surface area contributed by atoms with Crippen LogP contribution in [-0.2, 0) is 36.2 Å². The number of rotatable bonds is 10. The Labute approximate surface area is 221 Å². The summed E-state index contributed by atoms with van der Waals surface area (Å²) in [6.07, 6.45) is 0.312. The van der Waals surface area contributed by atoms with Gasteiger partial charge >= 0.3 is 11.2 Å². The molecule has 0 aliphatic heterocycles. The third-order valence-corrected chi connectivity index (χ3v) is 7.54. The molecule has 4 aromatic rings. The van der Waals surface area contributed by atoms with Crippen molar-refractivity contribution in [3.05, 3.63) is 127 Å². The Balaban J connectivity index is 0.000000206. The van der Waals surface area contributed by atoms with E-state index in [2.05, 4.69) is 105 Å². The van der Waals surface area contributed by atoms with Crippen LogP contribution in [0.3, 0.4) is 0 Å². The van der Waals surface area contributed by atoms with Gasteiger partial charge in [-0.3, -0.25) is 5.04 Å². The van der Waals surface area contributed by atoms with Crippen LogP contribution in [0.1, 0.15) is 5.56 Å². The maximum atomic E-state index is 12.9. The van der Waals surface area contributed by atoms with Crippen LogP contribution in [0.25, 0.3) is 0 Å². The van der Waals surface area contributed by atoms with Gasteiger partial charge in [0.1, 0.15) is 12.0 Å². The summed E-state index contributed by atoms with van der Waals surface area (Å²) in [4.78, 5) is 15.0. The van der Waals surface area contributed by atoms with E-state index in [1.165, 1.54) is 14.7 Å². The minimum absolute atomic E-state index is 0.0146. The molecular weight excluding hydrogens is 518 g/mol. The monoisotopic (exact) mass is 542 g/mol. The molecule has 192 valence electrons. The average molecular weight is 543 g/mol. The number of carbonyl (C=O) groups excluding carboxylic acids is 1. The van der Waals surface area contributed by atoms with Gasteiger partial charge in [-0.2, -0.15) is 13.1 Å². The van der Waals surface area contributed by atoms with E-state index >= 15 is 0 Å². The fourth-order valence-corrected chi connectivity index (χ4v) is 5.50. The zero-order chi connectivity index (χ0) is 26.3. The zero-order valence-electron chi connectivity index (χ0n) is 19.6. The molecule has 0 unspecified atom stereocenters. The van der Waals surface area contributed by atoms with Crippen molar-refractivity contribution in [3.8, 4) is 0 Å². The molecule has 0 saturated carbocycles. The molecule has 4 aromatic carbocycles. The zero-order valence-corrected chi connectivity index (χ0v) is 21.2. The molecule has 0 aromatic heterocycles. The van der Waals surface area contributed by atoms with Crippen molar-refractivity contribution in [1.82, 2.24) is 0 Å². The molecule has 5 nitrogen and oxygen atoms in total. The second kappa shape index (κ2) is 15.1. The van der Waals surface area contributed by atoms with Crippen LogP contribution in [0.15, 0.2) is 136 Å². The lowest BCUT2D eigenvalue weighted by molar-refractivity contribution is -0.777. The van der Waals surface area contributed by atoms with Crippen LogP contribution >= 0.6 is 12.0 Å². The van der Waals surface area contributed by atoms with Crippen molar-refractivity contribution in [2.75, 3.05) is 6.61 Å². The van der Waals surface area contributed by atoms with Crippen LogP contribution in [0.5, 0.6) is 0 Å². The lowest BCUT2D eigenvalue weighted by Gasteiger charge is -2.13. The summed E-state index contributed by atoms with van der Waals surface area (Å²) < 4.78 is 33.5. The van der Waals surface area contributed by atoms with Crippen molar-refractivity contribution in [1.29, 1.82) is 0 Å². The normalized spacial score (nSPS) is 10.9. The number of alkyl halides is 2. The van der Waals surface area contributed by atoms with E-state index in [1.54, 1.807) is 30.3 Å². The summed E-state index contributed by atoms with van der Waals surface area (Å²) in [5, 5.41) is 8.11. The van der Waals surface area contributed by atoms with Gasteiger partial charge in [-0.05, 0) is 42.0 Å². The molecule has 0 atom stereocenters. The number of halogens is 2. The summed E-state index contributed by atoms with van der Waals surface area (Å²) in [5.41, 5.74) is 0.848. The molecule has 0 aliphatic carbocycles. The molecule has 0 radical (unpaired) electrons. The average Bonchev–Trinajstić information content (AvgIpc) is 2.95. The van der Waals surface area contributed by atoms with Gasteiger partial charge in [0.15, 0.2) is 14.7 Å². The second-order valence-corrected chi connectivity index (χ2v) is 10.2. The van der Waals surface area contributed by atoms with Gasteiger partial charge in [0.05, 0.1) is 17.5 Å². The first kappa shape index (κ1) is 28.4. The molecular formula is C28H24F2O5S2. The van der Waals surface area contributed by atoms with Crippen LogP contribution in [-0.4, -0.2) is 17.8 Å². The van der Waals surface area contributed by atoms with Crippen molar-refractivity contribution < 1.29 is 32.9 Å². The molecule has 0 fully saturated rings. The molecule has 0 bridgehead atoms. The van der Waals surface area contributed by atoms with E-state index < -0.39 is 23.3 Å². The number of esters is 1. The van der Waals surface area contributed by atoms with Gasteiger partial charge in [0, 0.05) is 6.42 Å². The van der Waals surface area contributed by atoms with Gasteiger partial charge < -0.3 is 9.99 Å². The van der Waals surface area contributed by atoms with Gasteiger partial charge in [-0.1, -0.05) is 84.9 Å². The number of benzene rings is 4. The van der Waals surface area contributed by atoms with E-state index in [1.807, 2.05) is 0 Å². The standard InChI is InChI=1S/C18H15S.C10H10F2O5S/c1-4-10-16(11-5-1)19(17-12-6-2-7-13-17)18-14-8-3-9-15-18;11-10(12,18-17-16-14)9(13)15-7-6-8-4-2-1-3-5-8/h1-15H;1-5,14H,6-7H2/q+1;/p-1. The third-order valence-electron chi connectivity index (χ3n) is 4.81. The summed E-state index contributed by atoms with van der Waals surface area (Å²) in [6, 6.07) is 41.1. The first-order valence-corrected chi connectivity index (χ1v) is 13.1. The quantitative estimate of drug-likeness (QED) is 0.0803. The molecule has 0 N–H and O–H groups in total. The Morgan fingerprint density at radius 2 is 1.14 bits per heavy atom. The number of carbonyl (C=O) groups is 1. The molecule has 0 spiro atoms. The molecule has 0 amide bonds. The van der Waals surface area contributed by atoms with Gasteiger partial charge in [0.2, 0.25) is 0 Å². The highest BCUT2D eigenvalue weighted by atomic mass is 32.2. The predicted molar refractivity (Wildman–Crippen MR) is 137 cm³/mol. The van der Waals surface area contributed by atoms with Crippen LogP contribution < -0.4 is 5.26 Å². The summed E-state index contributed by atoms with van der Waals surface area (Å²) in [5.74, 6) is -1.79. The second-order valence-electron chi connectivity index (χ2n) is 7.35. The van der Waals surface area contributed by atoms with Gasteiger partial charge in [-0.25, -0.2) is 4.79 Å². The maximum Gasteiger partial charge on any atom is 0.415 e. The van der Waals surface area contributed by atoms with Crippen molar-refractivity contribution >= 4 is 28.9 Å². The predicted octanol–water partition coefficient (Wildman–Crippen LogP) is 6.02. The van der Waals surface area contributed by atoms with Crippen LogP contribution in [0, 0.1) is 0 Å². The Hall–Kier alpha value is -3.21. The lowest BCUT2D eigenvalue weighted by Crippen LogP contribution is -2.28. The number of hydrogen-bond acceptors (Lipinski definition) is 6. The minimum atomic E-state index is -3.99. The summed E-state index contributed by atoms with van der Waals surface area (Å²) in [6.45, 7) is -0.197. The molecule has 37 heavy (non-hydrogen) atoms. The topological polar surface area (TPSA) is 67.8 Å². The molecule has 0 saturated heterocycles. The first-order valence-electron chi connectivity index (χ1n) is 11.1. The molecule has 0 aliphatic rings. The highest BCUT2D eigenvalue weighted by molar-refractivity contribution is 7.97. The van der Waals surface area contributed by atoms with Gasteiger partial charge in [-0.15, -0.1) is 0 Å². The van der Waals surface area contributed by atoms with Gasteiger partial charge in [0.25, 0.3) is 0 Å². The van der Waals surface area contributed by atoms with Crippen molar-refractivity contribution in [3.63, 3.8) is 0 Å². The highest BCUT2D eigenvalue weighted by Crippen LogP contribution is 2.31. The Morgan fingerprint density at radius 1 is 0.730 bits per heavy atom. The van der Waals surface area contributed by atoms with E-state index in [4.69, 9.17) is 0 Å². The minimum Gasteiger partial charge on any atom is -0.691 e. The smallest absolute Gasteiger partial charge is 0.415 e. The maximum absolute atomic E-state index is 12.9. The summed E-state index contributed by atoms with van der Waals surface area (Å²) in [7, 11) is -0.0146. The Kier molecular flexibility index (Phi) is 11.6. The van der Waals surface area contributed by atoms with Crippen LogP contribution in [0.4, 0.5) is 8.78 Å². The SMILES string of the molecule is O=C(OCCc1ccccc1)C(F)(F)SOO[O-].c1ccc([S+](c2ccccc2)c2ccccc2)cc1. The van der Waals surface area contributed by atoms with E-state index in [0.717, 1.165) is 5.56 Å². The largest absolute Gasteiger partial charge is 0.691 e. The fraction of sp³-hybridized carbons (Fsp3) is 0.107. The number of ether oxygens (including phenoxy) is 1. The van der Waals surface area contributed by atoms with E-state index in [-0.39, 0.29) is 17.5 Å². The Bertz CT molecular complexity index is 1090. The Morgan fingerprint density at radius 3 is 1.54 bits per heavy atom. The molecule has 4 rings (SSSR count). The first-order chi connectivity index (χ1) is 18.0.